The SMILES string of the molecule is CC(C)c1ccccc1[C@H]1CCC[C@H]1N1CC2(CCN(c3ccc(C(=O)NS(=O)(=O)c4ccc(NCC5CCC(C)(O)CC5)c([N+](=O)[O-])c4)c(Oc4cc5c(F)c[nH]c5nc4ON)c3)CC2)C1. The molecule has 18 heteroatoms. The molecule has 6 N–H and O–H groups in total. The number of sulfonamides is 1. The first kappa shape index (κ1) is 46.3. The third-order valence-electron chi connectivity index (χ3n) is 14.8. The van der Waals surface area contributed by atoms with Crippen LogP contribution in [0.1, 0.15) is 112 Å². The number of ether oxygens (including phenoxy) is 1. The molecule has 1 spiro atoms. The molecule has 0 radical (unpaired) electrons. The topological polar surface area (TPSA) is 218 Å². The molecule has 3 aromatic carbocycles. The van der Waals surface area contributed by atoms with Crippen molar-refractivity contribution in [2.24, 2.45) is 17.2 Å². The number of hydrogen-bond acceptors (Lipinski definition) is 13. The molecule has 1 amide bonds. The number of nitro benzene ring substituents is 1. The van der Waals surface area contributed by atoms with Crippen molar-refractivity contribution in [2.45, 2.75) is 107 Å². The second-order valence-corrected chi connectivity index (χ2v) is 21.4. The van der Waals surface area contributed by atoms with Crippen molar-refractivity contribution >= 4 is 44.0 Å². The molecular formula is C49H59FN8O8S. The first-order chi connectivity index (χ1) is 32.0. The quantitative estimate of drug-likeness (QED) is 0.0522. The van der Waals surface area contributed by atoms with Crippen LogP contribution in [-0.4, -0.2) is 83.6 Å². The maximum Gasteiger partial charge on any atom is 0.293 e. The zero-order valence-corrected chi connectivity index (χ0v) is 38.9. The van der Waals surface area contributed by atoms with Gasteiger partial charge in [0.15, 0.2) is 5.75 Å². The summed E-state index contributed by atoms with van der Waals surface area (Å²) in [4.78, 5) is 41.9. The smallest absolute Gasteiger partial charge is 0.293 e. The monoisotopic (exact) mass is 938 g/mol. The number of carbonyl (C=O) groups is 1. The molecular weight excluding hydrogens is 880 g/mol. The van der Waals surface area contributed by atoms with E-state index in [0.29, 0.717) is 37.3 Å². The summed E-state index contributed by atoms with van der Waals surface area (Å²) in [6, 6.07) is 19.0. The standard InChI is InChI=1S/C49H59FN8O8S/c1-30(2)34-7-4-5-8-35(34)36-9-6-10-41(36)57-28-49(29-57)19-21-56(22-20-49)32-11-13-37(43(23-32)65-44-25-38-39(50)27-53-45(38)54-47(44)66-51)46(59)55-67(63,64)33-12-14-40(42(24-33)58(61)62)52-26-31-15-17-48(3,60)18-16-31/h4-5,7-8,11-14,23-25,27,30-31,36,41,52,60H,6,9-10,15-22,26,28-29,51H2,1-3H3,(H,53,54)(H,55,59)/t31?,36-,41-,48?/m1/s1. The Balaban J connectivity index is 0.927. The number of aromatic amines is 1. The number of carbonyl (C=O) groups excluding carboxylic acids is 1. The fourth-order valence-electron chi connectivity index (χ4n) is 10.9. The minimum Gasteiger partial charge on any atom is -0.451 e. The molecule has 2 aliphatic heterocycles. The Morgan fingerprint density at radius 2 is 1.78 bits per heavy atom. The van der Waals surface area contributed by atoms with Gasteiger partial charge >= 0.3 is 0 Å². The third-order valence-corrected chi connectivity index (χ3v) is 16.1. The average molecular weight is 939 g/mol. The van der Waals surface area contributed by atoms with Crippen LogP contribution in [-0.2, 0) is 10.0 Å². The van der Waals surface area contributed by atoms with Gasteiger partial charge in [-0.05, 0) is 117 Å². The zero-order chi connectivity index (χ0) is 47.3. The summed E-state index contributed by atoms with van der Waals surface area (Å²) >= 11 is 0. The summed E-state index contributed by atoms with van der Waals surface area (Å²) in [5, 5.41) is 25.7. The van der Waals surface area contributed by atoms with Crippen LogP contribution < -0.4 is 30.4 Å². The van der Waals surface area contributed by atoms with E-state index in [0.717, 1.165) is 69.8 Å². The number of amides is 1. The van der Waals surface area contributed by atoms with Crippen LogP contribution in [0.2, 0.25) is 0 Å². The number of hydrogen-bond donors (Lipinski definition) is 5. The molecule has 2 aromatic heterocycles. The Hall–Kier alpha value is -5.82. The molecule has 4 aliphatic rings. The van der Waals surface area contributed by atoms with Gasteiger partial charge < -0.3 is 29.9 Å². The number of likely N-dealkylation sites (tertiary alicyclic amines) is 1. The normalized spacial score (nSPS) is 23.0. The molecule has 2 saturated heterocycles. The summed E-state index contributed by atoms with van der Waals surface area (Å²) in [5.41, 5.74) is 2.73. The van der Waals surface area contributed by atoms with E-state index in [1.807, 2.05) is 0 Å². The summed E-state index contributed by atoms with van der Waals surface area (Å²) in [7, 11) is -4.67. The predicted molar refractivity (Wildman–Crippen MR) is 253 cm³/mol. The van der Waals surface area contributed by atoms with Gasteiger partial charge in [-0.25, -0.2) is 17.5 Å². The summed E-state index contributed by atoms with van der Waals surface area (Å²) in [6.07, 6.45) is 9.38. The van der Waals surface area contributed by atoms with Gasteiger partial charge in [-0.2, -0.15) is 10.9 Å². The van der Waals surface area contributed by atoms with Gasteiger partial charge in [-0.1, -0.05) is 44.5 Å². The minimum atomic E-state index is -4.67. The lowest BCUT2D eigenvalue weighted by Crippen LogP contribution is -2.63. The number of halogens is 1. The van der Waals surface area contributed by atoms with Crippen molar-refractivity contribution in [3.8, 4) is 17.4 Å². The van der Waals surface area contributed by atoms with E-state index in [-0.39, 0.29) is 51.0 Å². The minimum absolute atomic E-state index is 0.0656. The Labute approximate surface area is 389 Å². The van der Waals surface area contributed by atoms with Crippen molar-refractivity contribution in [1.29, 1.82) is 0 Å². The van der Waals surface area contributed by atoms with Crippen molar-refractivity contribution in [3.63, 3.8) is 0 Å². The Morgan fingerprint density at radius 1 is 1.03 bits per heavy atom. The lowest BCUT2D eigenvalue weighted by Gasteiger charge is -2.57. The van der Waals surface area contributed by atoms with E-state index in [2.05, 4.69) is 67.9 Å². The van der Waals surface area contributed by atoms with Crippen LogP contribution in [0.25, 0.3) is 11.0 Å². The number of fused-ring (bicyclic) bond motifs is 1. The first-order valence-corrected chi connectivity index (χ1v) is 24.8. The number of nitrogens with one attached hydrogen (secondary N) is 3. The Morgan fingerprint density at radius 3 is 2.49 bits per heavy atom. The van der Waals surface area contributed by atoms with E-state index in [4.69, 9.17) is 15.5 Å². The average Bonchev–Trinajstić information content (AvgIpc) is 3.93. The fraction of sp³-hybridized carbons (Fsp3) is 0.469. The molecule has 5 aromatic rings. The molecule has 67 heavy (non-hydrogen) atoms. The number of piperidine rings is 1. The number of nitro groups is 1. The molecule has 2 aliphatic carbocycles. The summed E-state index contributed by atoms with van der Waals surface area (Å²) in [5.74, 6) is 4.62. The molecule has 2 atom stereocenters. The molecule has 356 valence electrons. The zero-order valence-electron chi connectivity index (χ0n) is 38.1. The number of nitrogens with zero attached hydrogens (tertiary/aromatic N) is 4. The van der Waals surface area contributed by atoms with Gasteiger partial charge in [-0.15, -0.1) is 0 Å². The van der Waals surface area contributed by atoms with Crippen LogP contribution in [0, 0.1) is 27.3 Å². The fourth-order valence-corrected chi connectivity index (χ4v) is 11.9. The highest BCUT2D eigenvalue weighted by atomic mass is 32.2. The number of aliphatic hydroxyl groups is 1. The highest BCUT2D eigenvalue weighted by Crippen LogP contribution is 2.49. The van der Waals surface area contributed by atoms with Crippen molar-refractivity contribution < 1.29 is 37.2 Å². The second kappa shape index (κ2) is 18.3. The van der Waals surface area contributed by atoms with Crippen molar-refractivity contribution in [1.82, 2.24) is 19.6 Å². The summed E-state index contributed by atoms with van der Waals surface area (Å²) < 4.78 is 50.7. The van der Waals surface area contributed by atoms with Crippen LogP contribution >= 0.6 is 0 Å². The second-order valence-electron chi connectivity index (χ2n) is 19.7. The van der Waals surface area contributed by atoms with Crippen LogP contribution in [0.15, 0.2) is 77.8 Å². The lowest BCUT2D eigenvalue weighted by atomic mass is 9.70. The molecule has 0 unspecified atom stereocenters. The van der Waals surface area contributed by atoms with Crippen LogP contribution in [0.4, 0.5) is 21.5 Å². The molecule has 0 bridgehead atoms. The number of benzene rings is 3. The van der Waals surface area contributed by atoms with Gasteiger partial charge in [-0.3, -0.25) is 19.8 Å². The van der Waals surface area contributed by atoms with Gasteiger partial charge in [0.2, 0.25) is 0 Å². The Kier molecular flexibility index (Phi) is 12.7. The number of pyridine rings is 1. The van der Waals surface area contributed by atoms with E-state index < -0.39 is 42.9 Å². The van der Waals surface area contributed by atoms with E-state index in [9.17, 15) is 32.8 Å². The van der Waals surface area contributed by atoms with E-state index in [1.165, 1.54) is 54.7 Å². The molecule has 9 rings (SSSR count). The van der Waals surface area contributed by atoms with Gasteiger partial charge in [0.05, 0.1) is 26.4 Å². The summed E-state index contributed by atoms with van der Waals surface area (Å²) in [6.45, 7) is 10.3. The number of rotatable bonds is 14. The van der Waals surface area contributed by atoms with Gasteiger partial charge in [0.25, 0.3) is 27.5 Å². The van der Waals surface area contributed by atoms with Crippen LogP contribution in [0.5, 0.6) is 17.4 Å². The molecule has 2 saturated carbocycles. The Bertz CT molecular complexity index is 2770. The van der Waals surface area contributed by atoms with Crippen molar-refractivity contribution in [2.75, 3.05) is 42.9 Å². The maximum absolute atomic E-state index is 14.8. The largest absolute Gasteiger partial charge is 0.451 e. The molecule has 16 nitrogen and oxygen atoms in total. The molecule has 4 fully saturated rings. The van der Waals surface area contributed by atoms with E-state index >= 15 is 0 Å². The highest BCUT2D eigenvalue weighted by Gasteiger charge is 2.49. The number of anilines is 2. The highest BCUT2D eigenvalue weighted by molar-refractivity contribution is 7.90. The number of nitrogens with two attached hydrogens (primary N) is 1. The number of aromatic nitrogens is 2. The predicted octanol–water partition coefficient (Wildman–Crippen LogP) is 8.49. The maximum atomic E-state index is 14.8. The van der Waals surface area contributed by atoms with Gasteiger partial charge in [0, 0.05) is 68.8 Å². The molecule has 4 heterocycles. The number of H-pyrrole nitrogens is 1. The van der Waals surface area contributed by atoms with Crippen molar-refractivity contribution in [3.05, 3.63) is 106 Å². The van der Waals surface area contributed by atoms with Crippen LogP contribution in [0.3, 0.4) is 0 Å². The third kappa shape index (κ3) is 9.53. The van der Waals surface area contributed by atoms with E-state index in [1.54, 1.807) is 19.1 Å². The first-order valence-electron chi connectivity index (χ1n) is 23.3. The lowest BCUT2D eigenvalue weighted by molar-refractivity contribution is -0.384. The van der Waals surface area contributed by atoms with Gasteiger partial charge in [0.1, 0.15) is 22.9 Å².